The van der Waals surface area contributed by atoms with Crippen LogP contribution in [0.5, 0.6) is 0 Å². The minimum atomic E-state index is -2.61. The first kappa shape index (κ1) is 19.9. The van der Waals surface area contributed by atoms with Crippen LogP contribution in [0.15, 0.2) is 71.9 Å². The molecule has 1 aromatic heterocycles. The van der Waals surface area contributed by atoms with Gasteiger partial charge in [0.1, 0.15) is 5.82 Å². The van der Waals surface area contributed by atoms with E-state index in [-0.39, 0.29) is 17.4 Å². The van der Waals surface area contributed by atoms with Crippen molar-refractivity contribution in [2.24, 2.45) is 10.7 Å². The van der Waals surface area contributed by atoms with E-state index in [1.54, 1.807) is 24.3 Å². The molecular formula is C23H21F3N4. The summed E-state index contributed by atoms with van der Waals surface area (Å²) < 4.78 is 40.5. The highest BCUT2D eigenvalue weighted by atomic mass is 19.3. The summed E-state index contributed by atoms with van der Waals surface area (Å²) in [5, 5.41) is 0. The van der Waals surface area contributed by atoms with Crippen molar-refractivity contribution in [3.8, 4) is 11.1 Å². The molecule has 0 radical (unpaired) electrons. The van der Waals surface area contributed by atoms with E-state index in [9.17, 15) is 13.2 Å². The highest BCUT2D eigenvalue weighted by molar-refractivity contribution is 5.82. The van der Waals surface area contributed by atoms with Gasteiger partial charge in [-0.1, -0.05) is 36.4 Å². The second-order valence-electron chi connectivity index (χ2n) is 7.36. The number of likely N-dealkylation sites (N-methyl/N-ethyl adjacent to an activating group) is 1. The molecule has 2 N–H and O–H groups in total. The molecule has 2 heterocycles. The first-order valence-electron chi connectivity index (χ1n) is 9.52. The number of benzene rings is 2. The third kappa shape index (κ3) is 3.10. The first-order valence-corrected chi connectivity index (χ1v) is 9.52. The van der Waals surface area contributed by atoms with Crippen molar-refractivity contribution < 1.29 is 13.2 Å². The van der Waals surface area contributed by atoms with E-state index in [1.807, 2.05) is 43.1 Å². The third-order valence-electron chi connectivity index (χ3n) is 5.75. The maximum Gasteiger partial charge on any atom is 0.265 e. The smallest absolute Gasteiger partial charge is 0.265 e. The summed E-state index contributed by atoms with van der Waals surface area (Å²) in [6.07, 6.45) is -1.44. The first-order chi connectivity index (χ1) is 14.3. The molecule has 0 spiro atoms. The lowest BCUT2D eigenvalue weighted by Gasteiger charge is -2.34. The molecular weight excluding hydrogens is 389 g/mol. The van der Waals surface area contributed by atoms with Crippen LogP contribution in [0.3, 0.4) is 0 Å². The number of nitrogens with zero attached hydrogens (tertiary/aromatic N) is 3. The Kier molecular flexibility index (Phi) is 4.97. The number of guanidine groups is 1. The molecule has 0 bridgehead atoms. The van der Waals surface area contributed by atoms with Crippen LogP contribution in [0.4, 0.5) is 13.2 Å². The molecule has 0 saturated carbocycles. The molecule has 0 amide bonds. The number of pyridine rings is 1. The average molecular weight is 410 g/mol. The predicted octanol–water partition coefficient (Wildman–Crippen LogP) is 4.72. The van der Waals surface area contributed by atoms with Crippen LogP contribution in [0.1, 0.15) is 30.2 Å². The predicted molar refractivity (Wildman–Crippen MR) is 111 cm³/mol. The van der Waals surface area contributed by atoms with Crippen LogP contribution in [0, 0.1) is 5.82 Å². The number of rotatable bonds is 4. The van der Waals surface area contributed by atoms with Crippen LogP contribution in [0.2, 0.25) is 0 Å². The van der Waals surface area contributed by atoms with Gasteiger partial charge in [0.25, 0.3) is 6.43 Å². The Balaban J connectivity index is 1.91. The van der Waals surface area contributed by atoms with Gasteiger partial charge in [-0.05, 0) is 42.3 Å². The number of hydrogen-bond acceptors (Lipinski definition) is 4. The highest BCUT2D eigenvalue weighted by Gasteiger charge is 2.48. The van der Waals surface area contributed by atoms with Crippen LogP contribution in [0.25, 0.3) is 11.1 Å². The van der Waals surface area contributed by atoms with Gasteiger partial charge in [-0.2, -0.15) is 0 Å². The van der Waals surface area contributed by atoms with Gasteiger partial charge in [-0.15, -0.1) is 0 Å². The Morgan fingerprint density at radius 1 is 1.07 bits per heavy atom. The van der Waals surface area contributed by atoms with Crippen LogP contribution in [-0.4, -0.2) is 28.9 Å². The number of aliphatic imine (C=N–C) groups is 1. The molecule has 1 aliphatic heterocycles. The monoisotopic (exact) mass is 410 g/mol. The number of aromatic nitrogens is 1. The molecule has 154 valence electrons. The quantitative estimate of drug-likeness (QED) is 0.677. The van der Waals surface area contributed by atoms with E-state index in [0.29, 0.717) is 22.8 Å². The summed E-state index contributed by atoms with van der Waals surface area (Å²) in [6, 6.07) is 16.6. The Morgan fingerprint density at radius 2 is 1.83 bits per heavy atom. The molecule has 0 fully saturated rings. The van der Waals surface area contributed by atoms with Crippen molar-refractivity contribution in [2.75, 3.05) is 7.05 Å². The van der Waals surface area contributed by atoms with Gasteiger partial charge in [-0.25, -0.2) is 18.2 Å². The van der Waals surface area contributed by atoms with Crippen molar-refractivity contribution in [2.45, 2.75) is 24.9 Å². The fraction of sp³-hybridized carbons (Fsp3) is 0.217. The van der Waals surface area contributed by atoms with Gasteiger partial charge in [-0.3, -0.25) is 4.98 Å². The normalized spacial score (nSPS) is 21.2. The molecule has 2 unspecified atom stereocenters. The summed E-state index contributed by atoms with van der Waals surface area (Å²) in [6.45, 7) is 1.95. The lowest BCUT2D eigenvalue weighted by Crippen LogP contribution is -2.43. The lowest BCUT2D eigenvalue weighted by molar-refractivity contribution is 0.151. The maximum absolute atomic E-state index is 14.4. The van der Waals surface area contributed by atoms with Gasteiger partial charge in [0.05, 0.1) is 11.7 Å². The molecule has 7 heteroatoms. The average Bonchev–Trinajstić information content (AvgIpc) is 2.99. The summed E-state index contributed by atoms with van der Waals surface area (Å²) in [7, 11) is 1.82. The topological polar surface area (TPSA) is 54.5 Å². The molecule has 30 heavy (non-hydrogen) atoms. The molecule has 3 aromatic rings. The molecule has 1 aliphatic rings. The van der Waals surface area contributed by atoms with Gasteiger partial charge in [0.15, 0.2) is 11.5 Å². The molecule has 0 saturated heterocycles. The van der Waals surface area contributed by atoms with Gasteiger partial charge in [0, 0.05) is 24.4 Å². The van der Waals surface area contributed by atoms with Crippen molar-refractivity contribution in [3.63, 3.8) is 0 Å². The SMILES string of the molecule is CC1N(C)C(N)=NC1(c1cccc(-c2ccccc2F)c1)c1ccc(C(F)F)cn1. The zero-order valence-corrected chi connectivity index (χ0v) is 16.6. The van der Waals surface area contributed by atoms with E-state index >= 15 is 0 Å². The second-order valence-corrected chi connectivity index (χ2v) is 7.36. The molecule has 0 aliphatic carbocycles. The Hall–Kier alpha value is -3.35. The van der Waals surface area contributed by atoms with E-state index in [2.05, 4.69) is 4.98 Å². The fourth-order valence-electron chi connectivity index (χ4n) is 3.94. The zero-order chi connectivity index (χ0) is 21.5. The third-order valence-corrected chi connectivity index (χ3v) is 5.75. The molecule has 2 aromatic carbocycles. The van der Waals surface area contributed by atoms with Gasteiger partial charge in [0.2, 0.25) is 0 Å². The van der Waals surface area contributed by atoms with E-state index in [4.69, 9.17) is 10.7 Å². The maximum atomic E-state index is 14.4. The van der Waals surface area contributed by atoms with Crippen molar-refractivity contribution in [1.82, 2.24) is 9.88 Å². The second kappa shape index (κ2) is 7.48. The zero-order valence-electron chi connectivity index (χ0n) is 16.6. The summed E-state index contributed by atoms with van der Waals surface area (Å²) >= 11 is 0. The summed E-state index contributed by atoms with van der Waals surface area (Å²) in [5.41, 5.74) is 7.36. The standard InChI is InChI=1S/C23H21F3N4/c1-14-23(29-22(27)30(14)2,20-11-10-16(13-28-20)21(25)26)17-7-5-6-15(12-17)18-8-3-4-9-19(18)24/h3-14,21H,1-2H3,(H2,27,29). The number of hydrogen-bond donors (Lipinski definition) is 1. The van der Waals surface area contributed by atoms with Crippen molar-refractivity contribution in [3.05, 3.63) is 89.5 Å². The minimum absolute atomic E-state index is 0.162. The van der Waals surface area contributed by atoms with Crippen LogP contribution < -0.4 is 5.73 Å². The molecule has 4 rings (SSSR count). The Bertz CT molecular complexity index is 1100. The van der Waals surface area contributed by atoms with Crippen molar-refractivity contribution >= 4 is 5.96 Å². The summed E-state index contributed by atoms with van der Waals surface area (Å²) in [5.74, 6) is -0.0127. The lowest BCUT2D eigenvalue weighted by atomic mass is 9.80. The van der Waals surface area contributed by atoms with Crippen molar-refractivity contribution in [1.29, 1.82) is 0 Å². The van der Waals surface area contributed by atoms with E-state index in [0.717, 1.165) is 5.56 Å². The van der Waals surface area contributed by atoms with E-state index in [1.165, 1.54) is 18.3 Å². The number of halogens is 3. The summed E-state index contributed by atoms with van der Waals surface area (Å²) in [4.78, 5) is 10.9. The van der Waals surface area contributed by atoms with Gasteiger partial charge >= 0.3 is 0 Å². The fourth-order valence-corrected chi connectivity index (χ4v) is 3.94. The Morgan fingerprint density at radius 3 is 2.43 bits per heavy atom. The number of nitrogens with two attached hydrogens (primary N) is 1. The minimum Gasteiger partial charge on any atom is -0.370 e. The van der Waals surface area contributed by atoms with Crippen LogP contribution >= 0.6 is 0 Å². The largest absolute Gasteiger partial charge is 0.370 e. The number of alkyl halides is 2. The Labute approximate surface area is 172 Å². The van der Waals surface area contributed by atoms with Crippen LogP contribution in [-0.2, 0) is 5.54 Å². The van der Waals surface area contributed by atoms with E-state index < -0.39 is 12.0 Å². The van der Waals surface area contributed by atoms with Gasteiger partial charge < -0.3 is 10.6 Å². The molecule has 2 atom stereocenters. The molecule has 4 nitrogen and oxygen atoms in total. The highest BCUT2D eigenvalue weighted by Crippen LogP contribution is 2.43.